The second-order valence-electron chi connectivity index (χ2n) is 1.77. The Bertz CT molecular complexity index is 101. The molecular formula is C6H10O. The van der Waals surface area contributed by atoms with E-state index in [-0.39, 0.29) is 6.40 Å². The average molecular weight is 99.2 g/mol. The van der Waals surface area contributed by atoms with Crippen LogP contribution in [0.15, 0.2) is 12.2 Å². The maximum atomic E-state index is 8.94. The van der Waals surface area contributed by atoms with E-state index in [1.54, 1.807) is 6.08 Å². The number of rotatable bonds is 0. The Morgan fingerprint density at radius 2 is 2.57 bits per heavy atom. The van der Waals surface area contributed by atoms with Crippen LogP contribution in [0.25, 0.3) is 0 Å². The molecule has 0 spiro atoms. The monoisotopic (exact) mass is 99.1 g/mol. The molecule has 1 aliphatic carbocycles. The van der Waals surface area contributed by atoms with E-state index in [4.69, 9.17) is 6.48 Å². The van der Waals surface area contributed by atoms with E-state index in [0.717, 1.165) is 12.8 Å². The number of aliphatic hydroxyl groups is 1. The quantitative estimate of drug-likeness (QED) is 0.451. The minimum atomic E-state index is -0.417. The molecule has 7 heavy (non-hydrogen) atoms. The zero-order valence-electron chi connectivity index (χ0n) is 5.17. The highest BCUT2D eigenvalue weighted by Crippen LogP contribution is 2.08. The molecule has 1 N–H and O–H groups in total. The van der Waals surface area contributed by atoms with Crippen molar-refractivity contribution >= 4 is 0 Å². The van der Waals surface area contributed by atoms with Crippen LogP contribution in [0.2, 0.25) is 0 Å². The molecular weight excluding hydrogens is 88.1 g/mol. The fourth-order valence-corrected chi connectivity index (χ4v) is 0.666. The van der Waals surface area contributed by atoms with Gasteiger partial charge in [-0.15, -0.1) is 0 Å². The van der Waals surface area contributed by atoms with Gasteiger partial charge in [0.2, 0.25) is 0 Å². The topological polar surface area (TPSA) is 20.2 Å². The van der Waals surface area contributed by atoms with Crippen LogP contribution >= 0.6 is 0 Å². The third-order valence-electron chi connectivity index (χ3n) is 1.10. The summed E-state index contributed by atoms with van der Waals surface area (Å²) < 4.78 is 7.14. The highest BCUT2D eigenvalue weighted by Gasteiger charge is 2.02. The van der Waals surface area contributed by atoms with Crippen molar-refractivity contribution in [3.63, 3.8) is 0 Å². The molecule has 1 heteroatoms. The molecule has 1 rings (SSSR count). The van der Waals surface area contributed by atoms with Gasteiger partial charge in [-0.2, -0.15) is 0 Å². The molecule has 0 unspecified atom stereocenters. The smallest absolute Gasteiger partial charge is 0.0577 e. The van der Waals surface area contributed by atoms with Crippen molar-refractivity contribution in [2.24, 2.45) is 0 Å². The van der Waals surface area contributed by atoms with Crippen molar-refractivity contribution < 1.29 is 6.48 Å². The number of hydrogen-bond acceptors (Lipinski definition) is 1. The van der Waals surface area contributed by atoms with Crippen LogP contribution in [0.5, 0.6) is 0 Å². The van der Waals surface area contributed by atoms with E-state index >= 15 is 0 Å². The molecule has 0 heterocycles. The zero-order valence-corrected chi connectivity index (χ0v) is 4.17. The van der Waals surface area contributed by atoms with Gasteiger partial charge in [-0.05, 0) is 19.2 Å². The highest BCUT2D eigenvalue weighted by molar-refractivity contribution is 4.89. The van der Waals surface area contributed by atoms with Crippen LogP contribution in [0, 0.1) is 0 Å². The molecule has 0 aromatic heterocycles. The molecule has 0 saturated heterocycles. The highest BCUT2D eigenvalue weighted by atomic mass is 16.3. The number of allylic oxidation sites excluding steroid dienone is 1. The summed E-state index contributed by atoms with van der Waals surface area (Å²) >= 11 is 0. The average Bonchev–Trinajstić information content (AvgIpc) is 1.77. The molecule has 0 amide bonds. The minimum absolute atomic E-state index is 0.372. The lowest BCUT2D eigenvalue weighted by Gasteiger charge is -2.08. The van der Waals surface area contributed by atoms with Crippen LogP contribution in [-0.2, 0) is 0 Å². The van der Waals surface area contributed by atoms with Gasteiger partial charge in [-0.1, -0.05) is 12.2 Å². The Balaban J connectivity index is 2.47. The SMILES string of the molecule is [2H][C@@H]1C=CCC[C@H]1O. The fourth-order valence-electron chi connectivity index (χ4n) is 0.666. The summed E-state index contributed by atoms with van der Waals surface area (Å²) in [6, 6.07) is 0. The minimum Gasteiger partial charge on any atom is -0.393 e. The molecule has 0 saturated carbocycles. The van der Waals surface area contributed by atoms with Gasteiger partial charge in [-0.25, -0.2) is 0 Å². The Morgan fingerprint density at radius 1 is 1.71 bits per heavy atom. The lowest BCUT2D eigenvalue weighted by atomic mass is 10.1. The van der Waals surface area contributed by atoms with Crippen LogP contribution in [0.1, 0.15) is 20.6 Å². The van der Waals surface area contributed by atoms with Gasteiger partial charge in [-0.3, -0.25) is 0 Å². The molecule has 1 nitrogen and oxygen atoms in total. The van der Waals surface area contributed by atoms with Gasteiger partial charge in [0.05, 0.1) is 6.10 Å². The molecule has 0 fully saturated rings. The number of aliphatic hydroxyl groups excluding tert-OH is 1. The van der Waals surface area contributed by atoms with Crippen molar-refractivity contribution in [2.45, 2.75) is 25.3 Å². The summed E-state index contributed by atoms with van der Waals surface area (Å²) in [5, 5.41) is 8.94. The van der Waals surface area contributed by atoms with E-state index in [1.807, 2.05) is 6.08 Å². The van der Waals surface area contributed by atoms with Crippen molar-refractivity contribution in [1.29, 1.82) is 0 Å². The van der Waals surface area contributed by atoms with E-state index in [2.05, 4.69) is 0 Å². The van der Waals surface area contributed by atoms with E-state index in [1.165, 1.54) is 0 Å². The first-order chi connectivity index (χ1) is 3.80. The summed E-state index contributed by atoms with van der Waals surface area (Å²) in [6.45, 7) is 0. The lowest BCUT2D eigenvalue weighted by Crippen LogP contribution is -2.06. The second-order valence-corrected chi connectivity index (χ2v) is 1.77. The summed E-state index contributed by atoms with van der Waals surface area (Å²) in [6.07, 6.45) is 4.59. The first-order valence-electron chi connectivity index (χ1n) is 3.15. The first kappa shape index (κ1) is 3.67. The second kappa shape index (κ2) is 2.12. The molecule has 0 radical (unpaired) electrons. The van der Waals surface area contributed by atoms with Gasteiger partial charge in [0, 0.05) is 1.37 Å². The molecule has 1 aliphatic rings. The first-order valence-corrected chi connectivity index (χ1v) is 2.57. The third kappa shape index (κ3) is 1.32. The molecule has 0 aliphatic heterocycles. The van der Waals surface area contributed by atoms with E-state index < -0.39 is 6.10 Å². The Labute approximate surface area is 45.1 Å². The van der Waals surface area contributed by atoms with Gasteiger partial charge in [0.1, 0.15) is 0 Å². The standard InChI is InChI=1S/C6H10O/c7-6-4-2-1-3-5-6/h1-2,6-7H,3-5H2/t6-/m0/s1/i4D/t4-,6+/m1. The van der Waals surface area contributed by atoms with Crippen molar-refractivity contribution in [3.8, 4) is 0 Å². The maximum Gasteiger partial charge on any atom is 0.0577 e. The number of hydrogen-bond donors (Lipinski definition) is 1. The molecule has 2 atom stereocenters. The Morgan fingerprint density at radius 3 is 3.00 bits per heavy atom. The summed E-state index contributed by atoms with van der Waals surface area (Å²) in [5.74, 6) is 0. The van der Waals surface area contributed by atoms with Gasteiger partial charge in [0.25, 0.3) is 0 Å². The lowest BCUT2D eigenvalue weighted by molar-refractivity contribution is 0.164. The Hall–Kier alpha value is -0.300. The van der Waals surface area contributed by atoms with Crippen LogP contribution < -0.4 is 0 Å². The van der Waals surface area contributed by atoms with Gasteiger partial charge in [0.15, 0.2) is 0 Å². The van der Waals surface area contributed by atoms with Crippen molar-refractivity contribution in [1.82, 2.24) is 0 Å². The van der Waals surface area contributed by atoms with Crippen LogP contribution in [0.4, 0.5) is 0 Å². The van der Waals surface area contributed by atoms with Crippen LogP contribution in [-0.4, -0.2) is 11.2 Å². The predicted molar refractivity (Wildman–Crippen MR) is 29.0 cm³/mol. The van der Waals surface area contributed by atoms with Crippen molar-refractivity contribution in [3.05, 3.63) is 12.2 Å². The Kier molecular flexibility index (Phi) is 1.11. The van der Waals surface area contributed by atoms with E-state index in [0.29, 0.717) is 0 Å². The molecule has 40 valence electrons. The largest absolute Gasteiger partial charge is 0.393 e. The van der Waals surface area contributed by atoms with Crippen molar-refractivity contribution in [2.75, 3.05) is 0 Å². The predicted octanol–water partition coefficient (Wildman–Crippen LogP) is 1.09. The molecule has 0 aromatic rings. The van der Waals surface area contributed by atoms with Crippen LogP contribution in [0.3, 0.4) is 0 Å². The zero-order chi connectivity index (χ0) is 5.98. The maximum absolute atomic E-state index is 8.94. The fraction of sp³-hybridized carbons (Fsp3) is 0.667. The normalized spacial score (nSPS) is 43.3. The summed E-state index contributed by atoms with van der Waals surface area (Å²) in [4.78, 5) is 0. The summed E-state index contributed by atoms with van der Waals surface area (Å²) in [7, 11) is 0. The molecule has 0 aromatic carbocycles. The van der Waals surface area contributed by atoms with Gasteiger partial charge < -0.3 is 5.11 Å². The van der Waals surface area contributed by atoms with Gasteiger partial charge >= 0.3 is 0 Å². The molecule has 0 bridgehead atoms. The van der Waals surface area contributed by atoms with E-state index in [9.17, 15) is 0 Å². The third-order valence-corrected chi connectivity index (χ3v) is 1.10. The summed E-state index contributed by atoms with van der Waals surface area (Å²) in [5.41, 5.74) is 0.